The standard InChI is InChI=1S/C15H12FN3O2/c16-12-5-3-11(4-6-12)10-19-8-7-14(18-19)17-15(20)13-2-1-9-21-13/h1-9H,10H2,(H,17,18,20). The van der Waals surface area contributed by atoms with Crippen LogP contribution >= 0.6 is 0 Å². The summed E-state index contributed by atoms with van der Waals surface area (Å²) in [6.45, 7) is 0.497. The number of carbonyl (C=O) groups excluding carboxylic acids is 1. The van der Waals surface area contributed by atoms with Gasteiger partial charge < -0.3 is 9.73 Å². The Bertz CT molecular complexity index is 733. The van der Waals surface area contributed by atoms with E-state index in [1.165, 1.54) is 18.4 Å². The zero-order chi connectivity index (χ0) is 14.7. The van der Waals surface area contributed by atoms with E-state index in [-0.39, 0.29) is 17.5 Å². The van der Waals surface area contributed by atoms with Gasteiger partial charge in [-0.1, -0.05) is 12.1 Å². The van der Waals surface area contributed by atoms with Crippen molar-refractivity contribution in [3.05, 3.63) is 72.1 Å². The van der Waals surface area contributed by atoms with Crippen molar-refractivity contribution < 1.29 is 13.6 Å². The van der Waals surface area contributed by atoms with E-state index in [9.17, 15) is 9.18 Å². The second-order valence-corrected chi connectivity index (χ2v) is 4.46. The summed E-state index contributed by atoms with van der Waals surface area (Å²) >= 11 is 0. The van der Waals surface area contributed by atoms with Crippen LogP contribution in [0.4, 0.5) is 10.2 Å². The molecule has 5 nitrogen and oxygen atoms in total. The topological polar surface area (TPSA) is 60.1 Å². The summed E-state index contributed by atoms with van der Waals surface area (Å²) in [6.07, 6.45) is 3.17. The molecule has 21 heavy (non-hydrogen) atoms. The van der Waals surface area contributed by atoms with Gasteiger partial charge in [-0.2, -0.15) is 5.10 Å². The smallest absolute Gasteiger partial charge is 0.292 e. The van der Waals surface area contributed by atoms with Crippen molar-refractivity contribution in [3.63, 3.8) is 0 Å². The van der Waals surface area contributed by atoms with Crippen LogP contribution in [0, 0.1) is 5.82 Å². The zero-order valence-corrected chi connectivity index (χ0v) is 11.0. The number of hydrogen-bond donors (Lipinski definition) is 1. The summed E-state index contributed by atoms with van der Waals surface area (Å²) < 4.78 is 19.5. The Labute approximate surface area is 120 Å². The molecule has 6 heteroatoms. The SMILES string of the molecule is O=C(Nc1ccn(Cc2ccc(F)cc2)n1)c1ccco1. The molecule has 0 fully saturated rings. The third kappa shape index (κ3) is 3.17. The highest BCUT2D eigenvalue weighted by atomic mass is 19.1. The summed E-state index contributed by atoms with van der Waals surface area (Å²) in [5, 5.41) is 6.86. The number of amides is 1. The summed E-state index contributed by atoms with van der Waals surface area (Å²) in [7, 11) is 0. The number of halogens is 1. The third-order valence-electron chi connectivity index (χ3n) is 2.89. The van der Waals surface area contributed by atoms with E-state index in [4.69, 9.17) is 4.42 Å². The van der Waals surface area contributed by atoms with E-state index in [1.54, 1.807) is 41.2 Å². The van der Waals surface area contributed by atoms with Crippen molar-refractivity contribution in [2.24, 2.45) is 0 Å². The van der Waals surface area contributed by atoms with Crippen LogP contribution in [0.25, 0.3) is 0 Å². The summed E-state index contributed by atoms with van der Waals surface area (Å²) in [5.41, 5.74) is 0.920. The first-order chi connectivity index (χ1) is 10.2. The summed E-state index contributed by atoms with van der Waals surface area (Å²) in [5.74, 6) is 0.0271. The molecule has 3 rings (SSSR count). The monoisotopic (exact) mass is 285 g/mol. The molecule has 0 atom stereocenters. The quantitative estimate of drug-likeness (QED) is 0.801. The largest absolute Gasteiger partial charge is 0.459 e. The fourth-order valence-electron chi connectivity index (χ4n) is 1.88. The predicted molar refractivity (Wildman–Crippen MR) is 74.4 cm³/mol. The molecule has 106 valence electrons. The Morgan fingerprint density at radius 3 is 2.76 bits per heavy atom. The van der Waals surface area contributed by atoms with Crippen molar-refractivity contribution in [3.8, 4) is 0 Å². The van der Waals surface area contributed by atoms with Crippen molar-refractivity contribution >= 4 is 11.7 Å². The van der Waals surface area contributed by atoms with Crippen LogP contribution in [0.15, 0.2) is 59.3 Å². The fourth-order valence-corrected chi connectivity index (χ4v) is 1.88. The summed E-state index contributed by atoms with van der Waals surface area (Å²) in [4.78, 5) is 11.8. The third-order valence-corrected chi connectivity index (χ3v) is 2.89. The van der Waals surface area contributed by atoms with Gasteiger partial charge in [-0.05, 0) is 29.8 Å². The van der Waals surface area contributed by atoms with Crippen LogP contribution in [0.3, 0.4) is 0 Å². The Morgan fingerprint density at radius 2 is 2.05 bits per heavy atom. The van der Waals surface area contributed by atoms with Gasteiger partial charge in [0.2, 0.25) is 0 Å². The van der Waals surface area contributed by atoms with Gasteiger partial charge in [-0.3, -0.25) is 9.48 Å². The summed E-state index contributed by atoms with van der Waals surface area (Å²) in [6, 6.07) is 11.1. The maximum Gasteiger partial charge on any atom is 0.292 e. The van der Waals surface area contributed by atoms with Crippen LogP contribution in [0.1, 0.15) is 16.1 Å². The predicted octanol–water partition coefficient (Wildman–Crippen LogP) is 2.92. The molecule has 2 aromatic heterocycles. The molecule has 0 radical (unpaired) electrons. The lowest BCUT2D eigenvalue weighted by atomic mass is 10.2. The lowest BCUT2D eigenvalue weighted by Crippen LogP contribution is -2.12. The number of benzene rings is 1. The van der Waals surface area contributed by atoms with E-state index >= 15 is 0 Å². The normalized spacial score (nSPS) is 10.5. The lowest BCUT2D eigenvalue weighted by molar-refractivity contribution is 0.0996. The highest BCUT2D eigenvalue weighted by Crippen LogP contribution is 2.09. The molecule has 0 aliphatic rings. The molecule has 0 aliphatic carbocycles. The molecule has 2 heterocycles. The molecule has 1 amide bonds. The van der Waals surface area contributed by atoms with Crippen LogP contribution < -0.4 is 5.32 Å². The molecular formula is C15H12FN3O2. The molecule has 3 aromatic rings. The van der Waals surface area contributed by atoms with E-state index in [0.29, 0.717) is 12.4 Å². The Morgan fingerprint density at radius 1 is 1.24 bits per heavy atom. The van der Waals surface area contributed by atoms with Crippen molar-refractivity contribution in [2.45, 2.75) is 6.54 Å². The minimum atomic E-state index is -0.355. The molecule has 0 saturated heterocycles. The number of anilines is 1. The molecule has 1 N–H and O–H groups in total. The zero-order valence-electron chi connectivity index (χ0n) is 11.0. The average Bonchev–Trinajstić information content (AvgIpc) is 3.13. The lowest BCUT2D eigenvalue weighted by Gasteiger charge is -2.02. The minimum absolute atomic E-state index is 0.225. The number of nitrogens with one attached hydrogen (secondary N) is 1. The van der Waals surface area contributed by atoms with Crippen LogP contribution in [0.5, 0.6) is 0 Å². The first-order valence-electron chi connectivity index (χ1n) is 6.33. The Kier molecular flexibility index (Phi) is 3.51. The van der Waals surface area contributed by atoms with E-state index in [1.807, 2.05) is 0 Å². The fraction of sp³-hybridized carbons (Fsp3) is 0.0667. The van der Waals surface area contributed by atoms with Gasteiger partial charge in [0.05, 0.1) is 12.8 Å². The first kappa shape index (κ1) is 13.1. The van der Waals surface area contributed by atoms with Crippen LogP contribution in [-0.4, -0.2) is 15.7 Å². The van der Waals surface area contributed by atoms with E-state index in [0.717, 1.165) is 5.56 Å². The van der Waals surface area contributed by atoms with Crippen LogP contribution in [0.2, 0.25) is 0 Å². The number of rotatable bonds is 4. The highest BCUT2D eigenvalue weighted by molar-refractivity contribution is 6.01. The second kappa shape index (κ2) is 5.62. The van der Waals surface area contributed by atoms with Gasteiger partial charge in [0.25, 0.3) is 5.91 Å². The maximum absolute atomic E-state index is 12.8. The van der Waals surface area contributed by atoms with Crippen molar-refractivity contribution in [2.75, 3.05) is 5.32 Å². The molecule has 0 aliphatic heterocycles. The number of furan rings is 1. The van der Waals surface area contributed by atoms with Gasteiger partial charge in [0.15, 0.2) is 11.6 Å². The maximum atomic E-state index is 12.8. The molecule has 0 unspecified atom stereocenters. The number of aromatic nitrogens is 2. The number of hydrogen-bond acceptors (Lipinski definition) is 3. The number of carbonyl (C=O) groups is 1. The molecule has 0 spiro atoms. The van der Waals surface area contributed by atoms with E-state index < -0.39 is 0 Å². The Hall–Kier alpha value is -2.89. The van der Waals surface area contributed by atoms with Gasteiger partial charge in [0.1, 0.15) is 5.82 Å². The second-order valence-electron chi connectivity index (χ2n) is 4.46. The van der Waals surface area contributed by atoms with Gasteiger partial charge in [-0.25, -0.2) is 4.39 Å². The molecule has 1 aromatic carbocycles. The van der Waals surface area contributed by atoms with Gasteiger partial charge in [-0.15, -0.1) is 0 Å². The van der Waals surface area contributed by atoms with Crippen LogP contribution in [-0.2, 0) is 6.54 Å². The van der Waals surface area contributed by atoms with Gasteiger partial charge >= 0.3 is 0 Å². The number of nitrogens with zero attached hydrogens (tertiary/aromatic N) is 2. The van der Waals surface area contributed by atoms with Crippen molar-refractivity contribution in [1.82, 2.24) is 9.78 Å². The Balaban J connectivity index is 1.66. The first-order valence-corrected chi connectivity index (χ1v) is 6.33. The van der Waals surface area contributed by atoms with Crippen molar-refractivity contribution in [1.29, 1.82) is 0 Å². The van der Waals surface area contributed by atoms with Gasteiger partial charge in [0, 0.05) is 12.3 Å². The highest BCUT2D eigenvalue weighted by Gasteiger charge is 2.10. The average molecular weight is 285 g/mol. The van der Waals surface area contributed by atoms with E-state index in [2.05, 4.69) is 10.4 Å². The molecular weight excluding hydrogens is 273 g/mol. The minimum Gasteiger partial charge on any atom is -0.459 e. The molecule has 0 saturated carbocycles. The molecule has 0 bridgehead atoms.